The van der Waals surface area contributed by atoms with E-state index in [1.807, 2.05) is 0 Å². The standard InChI is InChI=1S/C16H29NO/c1-2-3-8-13-11-7-12-15(13)17-16(18)14-9-5-4-6-10-14/h13-15H,2-12H2,1H3,(H,17,18). The normalized spacial score (nSPS) is 29.4. The van der Waals surface area contributed by atoms with Gasteiger partial charge in [-0.1, -0.05) is 45.4 Å². The van der Waals surface area contributed by atoms with Crippen molar-refractivity contribution in [3.05, 3.63) is 0 Å². The van der Waals surface area contributed by atoms with Gasteiger partial charge in [-0.3, -0.25) is 4.79 Å². The van der Waals surface area contributed by atoms with Crippen LogP contribution in [0.3, 0.4) is 0 Å². The lowest BCUT2D eigenvalue weighted by Crippen LogP contribution is -2.41. The Bertz CT molecular complexity index is 258. The van der Waals surface area contributed by atoms with Gasteiger partial charge in [0.15, 0.2) is 0 Å². The molecule has 2 unspecified atom stereocenters. The number of carbonyl (C=O) groups excluding carboxylic acids is 1. The van der Waals surface area contributed by atoms with Gasteiger partial charge in [0, 0.05) is 12.0 Å². The number of carbonyl (C=O) groups is 1. The molecule has 0 radical (unpaired) electrons. The van der Waals surface area contributed by atoms with Crippen LogP contribution in [0.25, 0.3) is 0 Å². The number of rotatable bonds is 5. The maximum atomic E-state index is 12.3. The van der Waals surface area contributed by atoms with Crippen molar-refractivity contribution < 1.29 is 4.79 Å². The highest BCUT2D eigenvalue weighted by molar-refractivity contribution is 5.79. The predicted molar refractivity (Wildman–Crippen MR) is 75.4 cm³/mol. The molecule has 0 bridgehead atoms. The molecule has 2 saturated carbocycles. The SMILES string of the molecule is CCCCC1CCCC1NC(=O)C1CCCCC1. The van der Waals surface area contributed by atoms with Crippen LogP contribution in [0, 0.1) is 11.8 Å². The van der Waals surface area contributed by atoms with E-state index in [0.717, 1.165) is 18.8 Å². The summed E-state index contributed by atoms with van der Waals surface area (Å²) in [7, 11) is 0. The summed E-state index contributed by atoms with van der Waals surface area (Å²) < 4.78 is 0. The smallest absolute Gasteiger partial charge is 0.223 e. The summed E-state index contributed by atoms with van der Waals surface area (Å²) >= 11 is 0. The van der Waals surface area contributed by atoms with Crippen molar-refractivity contribution >= 4 is 5.91 Å². The Hall–Kier alpha value is -0.530. The van der Waals surface area contributed by atoms with Gasteiger partial charge in [0.1, 0.15) is 0 Å². The Morgan fingerprint density at radius 1 is 1.06 bits per heavy atom. The molecule has 2 aliphatic rings. The molecule has 2 fully saturated rings. The van der Waals surface area contributed by atoms with E-state index in [2.05, 4.69) is 12.2 Å². The summed E-state index contributed by atoms with van der Waals surface area (Å²) in [6.45, 7) is 2.25. The third kappa shape index (κ3) is 3.73. The Labute approximate surface area is 112 Å². The molecule has 2 nitrogen and oxygen atoms in total. The van der Waals surface area contributed by atoms with Crippen molar-refractivity contribution in [2.75, 3.05) is 0 Å². The third-order valence-electron chi connectivity index (χ3n) is 4.89. The molecule has 0 aromatic rings. The van der Waals surface area contributed by atoms with Gasteiger partial charge in [0.2, 0.25) is 5.91 Å². The molecule has 0 saturated heterocycles. The second-order valence-electron chi connectivity index (χ2n) is 6.28. The van der Waals surface area contributed by atoms with Crippen LogP contribution in [0.5, 0.6) is 0 Å². The van der Waals surface area contributed by atoms with E-state index in [-0.39, 0.29) is 0 Å². The van der Waals surface area contributed by atoms with E-state index in [4.69, 9.17) is 0 Å². The highest BCUT2D eigenvalue weighted by atomic mass is 16.1. The molecule has 0 spiro atoms. The second-order valence-corrected chi connectivity index (χ2v) is 6.28. The molecule has 1 N–H and O–H groups in total. The Kier molecular flexibility index (Phi) is 5.52. The molecule has 104 valence electrons. The first-order chi connectivity index (χ1) is 8.81. The number of hydrogen-bond donors (Lipinski definition) is 1. The van der Waals surface area contributed by atoms with E-state index >= 15 is 0 Å². The van der Waals surface area contributed by atoms with E-state index in [9.17, 15) is 4.79 Å². The maximum absolute atomic E-state index is 12.3. The summed E-state index contributed by atoms with van der Waals surface area (Å²) in [5.41, 5.74) is 0. The molecule has 2 rings (SSSR count). The van der Waals surface area contributed by atoms with E-state index in [1.165, 1.54) is 57.8 Å². The highest BCUT2D eigenvalue weighted by Crippen LogP contribution is 2.31. The van der Waals surface area contributed by atoms with Gasteiger partial charge in [-0.05, 0) is 38.0 Å². The topological polar surface area (TPSA) is 29.1 Å². The number of nitrogens with one attached hydrogen (secondary N) is 1. The zero-order chi connectivity index (χ0) is 12.8. The third-order valence-corrected chi connectivity index (χ3v) is 4.89. The molecule has 2 aliphatic carbocycles. The van der Waals surface area contributed by atoms with Crippen LogP contribution >= 0.6 is 0 Å². The van der Waals surface area contributed by atoms with Crippen molar-refractivity contribution in [1.29, 1.82) is 0 Å². The van der Waals surface area contributed by atoms with Gasteiger partial charge in [0.25, 0.3) is 0 Å². The fourth-order valence-corrected chi connectivity index (χ4v) is 3.70. The molecule has 2 heteroatoms. The quantitative estimate of drug-likeness (QED) is 0.785. The van der Waals surface area contributed by atoms with Crippen LogP contribution in [0.1, 0.15) is 77.6 Å². The Morgan fingerprint density at radius 2 is 1.83 bits per heavy atom. The predicted octanol–water partition coefficient (Wildman–Crippen LogP) is 4.04. The molecule has 1 amide bonds. The van der Waals surface area contributed by atoms with Gasteiger partial charge in [-0.25, -0.2) is 0 Å². The van der Waals surface area contributed by atoms with E-state index in [1.54, 1.807) is 0 Å². The molecule has 0 aliphatic heterocycles. The van der Waals surface area contributed by atoms with Crippen molar-refractivity contribution in [2.45, 2.75) is 83.6 Å². The van der Waals surface area contributed by atoms with Crippen LogP contribution in [-0.4, -0.2) is 11.9 Å². The van der Waals surface area contributed by atoms with Crippen molar-refractivity contribution in [3.63, 3.8) is 0 Å². The average Bonchev–Trinajstić information content (AvgIpc) is 2.84. The largest absolute Gasteiger partial charge is 0.353 e. The number of amides is 1. The monoisotopic (exact) mass is 251 g/mol. The van der Waals surface area contributed by atoms with Crippen molar-refractivity contribution in [3.8, 4) is 0 Å². The molecule has 0 aromatic heterocycles. The summed E-state index contributed by atoms with van der Waals surface area (Å²) in [6, 6.07) is 0.492. The minimum absolute atomic E-state index is 0.325. The Balaban J connectivity index is 1.78. The Morgan fingerprint density at radius 3 is 2.56 bits per heavy atom. The first-order valence-corrected chi connectivity index (χ1v) is 8.11. The lowest BCUT2D eigenvalue weighted by Gasteiger charge is -2.26. The lowest BCUT2D eigenvalue weighted by atomic mass is 9.88. The van der Waals surface area contributed by atoms with E-state index in [0.29, 0.717) is 17.9 Å². The molecule has 0 aromatic carbocycles. The maximum Gasteiger partial charge on any atom is 0.223 e. The number of hydrogen-bond acceptors (Lipinski definition) is 1. The zero-order valence-electron chi connectivity index (χ0n) is 11.9. The summed E-state index contributed by atoms with van der Waals surface area (Å²) in [6.07, 6.45) is 13.8. The number of unbranched alkanes of at least 4 members (excludes halogenated alkanes) is 1. The van der Waals surface area contributed by atoms with E-state index < -0.39 is 0 Å². The second kappa shape index (κ2) is 7.16. The first kappa shape index (κ1) is 13.9. The van der Waals surface area contributed by atoms with Gasteiger partial charge in [-0.2, -0.15) is 0 Å². The van der Waals surface area contributed by atoms with Crippen LogP contribution in [0.4, 0.5) is 0 Å². The van der Waals surface area contributed by atoms with Crippen molar-refractivity contribution in [2.24, 2.45) is 11.8 Å². The zero-order valence-corrected chi connectivity index (χ0v) is 11.9. The van der Waals surface area contributed by atoms with Gasteiger partial charge >= 0.3 is 0 Å². The summed E-state index contributed by atoms with van der Waals surface area (Å²) in [5, 5.41) is 3.37. The van der Waals surface area contributed by atoms with Crippen LogP contribution < -0.4 is 5.32 Å². The summed E-state index contributed by atoms with van der Waals surface area (Å²) in [4.78, 5) is 12.3. The average molecular weight is 251 g/mol. The van der Waals surface area contributed by atoms with Gasteiger partial charge in [-0.15, -0.1) is 0 Å². The first-order valence-electron chi connectivity index (χ1n) is 8.11. The minimum atomic E-state index is 0.325. The van der Waals surface area contributed by atoms with Gasteiger partial charge < -0.3 is 5.32 Å². The minimum Gasteiger partial charge on any atom is -0.353 e. The molecular formula is C16H29NO. The molecule has 0 heterocycles. The van der Waals surface area contributed by atoms with Crippen molar-refractivity contribution in [1.82, 2.24) is 5.32 Å². The lowest BCUT2D eigenvalue weighted by molar-refractivity contribution is -0.126. The fraction of sp³-hybridized carbons (Fsp3) is 0.938. The van der Waals surface area contributed by atoms with Crippen LogP contribution in [-0.2, 0) is 4.79 Å². The van der Waals surface area contributed by atoms with Crippen LogP contribution in [0.2, 0.25) is 0 Å². The highest BCUT2D eigenvalue weighted by Gasteiger charge is 2.30. The fourth-order valence-electron chi connectivity index (χ4n) is 3.70. The molecule has 18 heavy (non-hydrogen) atoms. The molecular weight excluding hydrogens is 222 g/mol. The van der Waals surface area contributed by atoms with Crippen LogP contribution in [0.15, 0.2) is 0 Å². The summed E-state index contributed by atoms with van der Waals surface area (Å²) in [5.74, 6) is 1.45. The molecule has 2 atom stereocenters. The van der Waals surface area contributed by atoms with Gasteiger partial charge in [0.05, 0.1) is 0 Å².